The number of nitrogens with zero attached hydrogens (tertiary/aromatic N) is 1. The molecule has 2 aliphatic rings. The number of amides is 2. The van der Waals surface area contributed by atoms with E-state index in [9.17, 15) is 9.59 Å². The third-order valence-corrected chi connectivity index (χ3v) is 4.20. The smallest absolute Gasteiger partial charge is 0.225 e. The molecule has 3 atom stereocenters. The second-order valence-electron chi connectivity index (χ2n) is 5.65. The van der Waals surface area contributed by atoms with Gasteiger partial charge >= 0.3 is 0 Å². The molecule has 1 heterocycles. The number of carbonyl (C=O) groups excluding carboxylic acids is 2. The maximum atomic E-state index is 12.4. The van der Waals surface area contributed by atoms with Gasteiger partial charge in [-0.15, -0.1) is 0 Å². The molecule has 18 heavy (non-hydrogen) atoms. The topological polar surface area (TPSA) is 89.4 Å². The van der Waals surface area contributed by atoms with Crippen molar-refractivity contribution < 1.29 is 9.59 Å². The Kier molecular flexibility index (Phi) is 4.22. The van der Waals surface area contributed by atoms with E-state index in [-0.39, 0.29) is 29.7 Å². The van der Waals surface area contributed by atoms with E-state index in [4.69, 9.17) is 11.5 Å². The van der Waals surface area contributed by atoms with Gasteiger partial charge in [0.2, 0.25) is 11.8 Å². The van der Waals surface area contributed by atoms with Gasteiger partial charge in [0.05, 0.1) is 5.92 Å². The van der Waals surface area contributed by atoms with E-state index < -0.39 is 0 Å². The van der Waals surface area contributed by atoms with Crippen LogP contribution in [0.3, 0.4) is 0 Å². The van der Waals surface area contributed by atoms with Gasteiger partial charge in [0.25, 0.3) is 0 Å². The quantitative estimate of drug-likeness (QED) is 0.738. The Morgan fingerprint density at radius 3 is 2.44 bits per heavy atom. The first-order valence-corrected chi connectivity index (χ1v) is 6.91. The lowest BCUT2D eigenvalue weighted by Gasteiger charge is -2.35. The predicted octanol–water partition coefficient (Wildman–Crippen LogP) is 0.228. The van der Waals surface area contributed by atoms with Crippen LogP contribution in [0, 0.1) is 11.8 Å². The number of nitrogens with two attached hydrogens (primary N) is 2. The van der Waals surface area contributed by atoms with E-state index in [1.165, 1.54) is 0 Å². The van der Waals surface area contributed by atoms with Gasteiger partial charge in [0.1, 0.15) is 0 Å². The summed E-state index contributed by atoms with van der Waals surface area (Å²) in [6, 6.07) is 0.157. The van der Waals surface area contributed by atoms with Crippen molar-refractivity contribution in [3.8, 4) is 0 Å². The molecule has 4 N–H and O–H groups in total. The van der Waals surface area contributed by atoms with Gasteiger partial charge in [-0.25, -0.2) is 0 Å². The van der Waals surface area contributed by atoms with E-state index in [1.54, 1.807) is 0 Å². The Labute approximate surface area is 108 Å². The minimum Gasteiger partial charge on any atom is -0.369 e. The summed E-state index contributed by atoms with van der Waals surface area (Å²) >= 11 is 0. The highest BCUT2D eigenvalue weighted by atomic mass is 16.2. The molecule has 1 saturated heterocycles. The van der Waals surface area contributed by atoms with Crippen molar-refractivity contribution in [3.63, 3.8) is 0 Å². The van der Waals surface area contributed by atoms with Gasteiger partial charge in [-0.05, 0) is 32.1 Å². The van der Waals surface area contributed by atoms with Gasteiger partial charge in [-0.2, -0.15) is 0 Å². The minimum atomic E-state index is -0.284. The maximum Gasteiger partial charge on any atom is 0.225 e. The lowest BCUT2D eigenvalue weighted by atomic mass is 9.84. The molecule has 0 bridgehead atoms. The summed E-state index contributed by atoms with van der Waals surface area (Å²) in [4.78, 5) is 25.4. The number of piperidine rings is 1. The van der Waals surface area contributed by atoms with Crippen molar-refractivity contribution >= 4 is 11.8 Å². The van der Waals surface area contributed by atoms with Crippen molar-refractivity contribution in [2.24, 2.45) is 23.3 Å². The summed E-state index contributed by atoms with van der Waals surface area (Å²) in [5.41, 5.74) is 11.3. The molecule has 0 radical (unpaired) electrons. The van der Waals surface area contributed by atoms with E-state index in [0.717, 1.165) is 45.1 Å². The average molecular weight is 253 g/mol. The molecule has 1 aliphatic carbocycles. The normalized spacial score (nSPS) is 33.2. The molecule has 5 heteroatoms. The zero-order valence-electron chi connectivity index (χ0n) is 10.8. The molecule has 1 aliphatic heterocycles. The van der Waals surface area contributed by atoms with E-state index in [1.807, 2.05) is 4.90 Å². The van der Waals surface area contributed by atoms with Crippen molar-refractivity contribution in [1.29, 1.82) is 0 Å². The molecule has 2 rings (SSSR count). The fraction of sp³-hybridized carbons (Fsp3) is 0.846. The summed E-state index contributed by atoms with van der Waals surface area (Å²) in [5.74, 6) is -0.218. The lowest BCUT2D eigenvalue weighted by Crippen LogP contribution is -2.47. The zero-order chi connectivity index (χ0) is 13.1. The summed E-state index contributed by atoms with van der Waals surface area (Å²) < 4.78 is 0. The van der Waals surface area contributed by atoms with E-state index in [2.05, 4.69) is 0 Å². The van der Waals surface area contributed by atoms with Gasteiger partial charge in [0.15, 0.2) is 0 Å². The summed E-state index contributed by atoms with van der Waals surface area (Å²) in [7, 11) is 0. The first-order valence-electron chi connectivity index (χ1n) is 6.91. The van der Waals surface area contributed by atoms with Crippen LogP contribution in [-0.2, 0) is 9.59 Å². The van der Waals surface area contributed by atoms with Gasteiger partial charge < -0.3 is 16.4 Å². The monoisotopic (exact) mass is 253 g/mol. The molecule has 5 nitrogen and oxygen atoms in total. The molecule has 0 aromatic rings. The van der Waals surface area contributed by atoms with Crippen molar-refractivity contribution in [2.75, 3.05) is 13.1 Å². The Morgan fingerprint density at radius 1 is 1.06 bits per heavy atom. The van der Waals surface area contributed by atoms with Crippen LogP contribution in [0.4, 0.5) is 0 Å². The van der Waals surface area contributed by atoms with Crippen LogP contribution in [-0.4, -0.2) is 35.8 Å². The Morgan fingerprint density at radius 2 is 1.78 bits per heavy atom. The summed E-state index contributed by atoms with van der Waals surface area (Å²) in [5, 5.41) is 0. The standard InChI is InChI=1S/C13H23N3O2/c14-11-5-1-3-9(7-11)13(18)16-6-2-4-10(8-16)12(15)17/h9-11H,1-8,14H2,(H2,15,17). The van der Waals surface area contributed by atoms with Crippen molar-refractivity contribution in [3.05, 3.63) is 0 Å². The number of primary amides is 1. The van der Waals surface area contributed by atoms with Crippen molar-refractivity contribution in [1.82, 2.24) is 4.90 Å². The van der Waals surface area contributed by atoms with Crippen LogP contribution in [0.15, 0.2) is 0 Å². The molecule has 102 valence electrons. The molecule has 2 amide bonds. The highest BCUT2D eigenvalue weighted by molar-refractivity contribution is 5.81. The second kappa shape index (κ2) is 5.69. The molecule has 1 saturated carbocycles. The van der Waals surface area contributed by atoms with E-state index in [0.29, 0.717) is 6.54 Å². The zero-order valence-corrected chi connectivity index (χ0v) is 10.8. The van der Waals surface area contributed by atoms with Crippen molar-refractivity contribution in [2.45, 2.75) is 44.6 Å². The molecule has 3 unspecified atom stereocenters. The first kappa shape index (κ1) is 13.3. The van der Waals surface area contributed by atoms with Gasteiger partial charge in [-0.3, -0.25) is 9.59 Å². The molecule has 2 fully saturated rings. The van der Waals surface area contributed by atoms with Crippen LogP contribution in [0.2, 0.25) is 0 Å². The highest BCUT2D eigenvalue weighted by Gasteiger charge is 2.32. The fourth-order valence-corrected chi connectivity index (χ4v) is 3.12. The van der Waals surface area contributed by atoms with Gasteiger partial charge in [0, 0.05) is 25.0 Å². The third-order valence-electron chi connectivity index (χ3n) is 4.20. The second-order valence-corrected chi connectivity index (χ2v) is 5.65. The largest absolute Gasteiger partial charge is 0.369 e. The molecule has 0 aromatic heterocycles. The highest BCUT2D eigenvalue weighted by Crippen LogP contribution is 2.27. The number of hydrogen-bond donors (Lipinski definition) is 2. The van der Waals surface area contributed by atoms with Crippen LogP contribution in [0.25, 0.3) is 0 Å². The first-order chi connectivity index (χ1) is 8.58. The van der Waals surface area contributed by atoms with Crippen LogP contribution >= 0.6 is 0 Å². The Bertz CT molecular complexity index is 332. The minimum absolute atomic E-state index is 0.0559. The van der Waals surface area contributed by atoms with Gasteiger partial charge in [-0.1, -0.05) is 6.42 Å². The van der Waals surface area contributed by atoms with E-state index >= 15 is 0 Å². The molecular weight excluding hydrogens is 230 g/mol. The molecular formula is C13H23N3O2. The SMILES string of the molecule is NC(=O)C1CCCN(C(=O)C2CCCC(N)C2)C1. The fourth-order valence-electron chi connectivity index (χ4n) is 3.12. The van der Waals surface area contributed by atoms with Crippen LogP contribution < -0.4 is 11.5 Å². The lowest BCUT2D eigenvalue weighted by molar-refractivity contribution is -0.139. The molecule has 0 spiro atoms. The average Bonchev–Trinajstić information content (AvgIpc) is 2.38. The summed E-state index contributed by atoms with van der Waals surface area (Å²) in [6.07, 6.45) is 5.46. The third kappa shape index (κ3) is 3.02. The number of rotatable bonds is 2. The number of likely N-dealkylation sites (tertiary alicyclic amines) is 1. The summed E-state index contributed by atoms with van der Waals surface area (Å²) in [6.45, 7) is 1.26. The predicted molar refractivity (Wildman–Crippen MR) is 68.4 cm³/mol. The number of hydrogen-bond acceptors (Lipinski definition) is 3. The Balaban J connectivity index is 1.93. The van der Waals surface area contributed by atoms with Crippen LogP contribution in [0.1, 0.15) is 38.5 Å². The number of carbonyl (C=O) groups is 2. The maximum absolute atomic E-state index is 12.4. The molecule has 0 aromatic carbocycles. The Hall–Kier alpha value is -1.10. The van der Waals surface area contributed by atoms with Crippen LogP contribution in [0.5, 0.6) is 0 Å².